The van der Waals surface area contributed by atoms with E-state index in [1.54, 1.807) is 18.2 Å². The number of H-pyrrole nitrogens is 1. The molecule has 27 heavy (non-hydrogen) atoms. The Morgan fingerprint density at radius 2 is 1.89 bits per heavy atom. The second kappa shape index (κ2) is 5.93. The van der Waals surface area contributed by atoms with Gasteiger partial charge in [-0.1, -0.05) is 28.5 Å². The predicted molar refractivity (Wildman–Crippen MR) is 98.2 cm³/mol. The third kappa shape index (κ3) is 2.59. The van der Waals surface area contributed by atoms with Crippen LogP contribution in [0.4, 0.5) is 0 Å². The lowest BCUT2D eigenvalue weighted by atomic mass is 10.2. The molecule has 0 radical (unpaired) electrons. The van der Waals surface area contributed by atoms with Crippen LogP contribution in [0, 0.1) is 0 Å². The number of nitrogens with one attached hydrogen (secondary N) is 1. The van der Waals surface area contributed by atoms with Gasteiger partial charge < -0.3 is 10.2 Å². The van der Waals surface area contributed by atoms with Crippen molar-refractivity contribution in [3.63, 3.8) is 0 Å². The number of sulfone groups is 1. The van der Waals surface area contributed by atoms with Crippen molar-refractivity contribution in [3.05, 3.63) is 74.5 Å². The van der Waals surface area contributed by atoms with E-state index < -0.39 is 21.1 Å². The van der Waals surface area contributed by atoms with Gasteiger partial charge in [-0.05, 0) is 30.3 Å². The van der Waals surface area contributed by atoms with Crippen LogP contribution in [0.1, 0.15) is 0 Å². The van der Waals surface area contributed by atoms with Gasteiger partial charge in [0.2, 0.25) is 9.84 Å². The molecule has 0 saturated carbocycles. The van der Waals surface area contributed by atoms with Gasteiger partial charge in [-0.25, -0.2) is 13.2 Å². The molecule has 0 bridgehead atoms. The first-order valence-corrected chi connectivity index (χ1v) is 9.43. The molecule has 0 saturated heterocycles. The topological polar surface area (TPSA) is 122 Å². The summed E-state index contributed by atoms with van der Waals surface area (Å²) >= 11 is 5.98. The lowest BCUT2D eigenvalue weighted by Crippen LogP contribution is -2.33. The van der Waals surface area contributed by atoms with Crippen molar-refractivity contribution < 1.29 is 13.6 Å². The first-order chi connectivity index (χ1) is 12.8. The van der Waals surface area contributed by atoms with E-state index in [0.717, 1.165) is 5.39 Å². The standard InChI is InChI=1S/C17H10ClN3O5S/c18-11-5-6-13(15-14(11)16(22)21(24)17(23)20-15)27(25,26)10-4-3-9-2-1-7-19-12(9)8-10/h1-8,24H,(H,20,23). The zero-order valence-electron chi connectivity index (χ0n) is 13.4. The fourth-order valence-corrected chi connectivity index (χ4v) is 4.49. The molecule has 2 N–H and O–H groups in total. The van der Waals surface area contributed by atoms with Crippen LogP contribution in [0.15, 0.2) is 68.0 Å². The number of fused-ring (bicyclic) bond motifs is 2. The second-order valence-corrected chi connectivity index (χ2v) is 8.03. The number of rotatable bonds is 2. The van der Waals surface area contributed by atoms with Crippen LogP contribution in [0.3, 0.4) is 0 Å². The first kappa shape index (κ1) is 17.3. The van der Waals surface area contributed by atoms with Gasteiger partial charge in [0.1, 0.15) is 0 Å². The molecule has 4 aromatic rings. The maximum atomic E-state index is 13.1. The molecule has 0 unspecified atom stereocenters. The molecule has 0 aliphatic heterocycles. The summed E-state index contributed by atoms with van der Waals surface area (Å²) in [6.07, 6.45) is 1.54. The third-order valence-corrected chi connectivity index (χ3v) is 6.23. The monoisotopic (exact) mass is 403 g/mol. The smallest absolute Gasteiger partial charge is 0.362 e. The first-order valence-electron chi connectivity index (χ1n) is 7.57. The highest BCUT2D eigenvalue weighted by Crippen LogP contribution is 2.30. The molecular weight excluding hydrogens is 394 g/mol. The number of pyridine rings is 1. The van der Waals surface area contributed by atoms with Crippen molar-refractivity contribution in [2.24, 2.45) is 0 Å². The Hall–Kier alpha value is -3.17. The Labute approximate surface area is 156 Å². The molecule has 0 atom stereocenters. The SMILES string of the molecule is O=c1[nH]c2c(S(=O)(=O)c3ccc4cccnc4c3)ccc(Cl)c2c(=O)n1O. The zero-order chi connectivity index (χ0) is 19.3. The number of nitrogens with zero attached hydrogens (tertiary/aromatic N) is 2. The van der Waals surface area contributed by atoms with E-state index in [1.807, 2.05) is 0 Å². The van der Waals surface area contributed by atoms with E-state index in [-0.39, 0.29) is 30.4 Å². The van der Waals surface area contributed by atoms with Crippen molar-refractivity contribution in [2.45, 2.75) is 9.79 Å². The normalized spacial score (nSPS) is 11.9. The van der Waals surface area contributed by atoms with E-state index in [0.29, 0.717) is 5.52 Å². The molecule has 10 heteroatoms. The van der Waals surface area contributed by atoms with E-state index in [1.165, 1.54) is 30.5 Å². The predicted octanol–water partition coefficient (Wildman–Crippen LogP) is 1.96. The van der Waals surface area contributed by atoms with Crippen LogP contribution < -0.4 is 11.2 Å². The molecule has 2 heterocycles. The number of hydrogen-bond acceptors (Lipinski definition) is 6. The van der Waals surface area contributed by atoms with E-state index >= 15 is 0 Å². The minimum Gasteiger partial charge on any atom is -0.421 e. The molecule has 4 rings (SSSR count). The summed E-state index contributed by atoms with van der Waals surface area (Å²) in [6, 6.07) is 10.3. The third-order valence-electron chi connectivity index (χ3n) is 4.12. The van der Waals surface area contributed by atoms with E-state index in [2.05, 4.69) is 9.97 Å². The second-order valence-electron chi connectivity index (χ2n) is 5.70. The maximum Gasteiger partial charge on any atom is 0.362 e. The zero-order valence-corrected chi connectivity index (χ0v) is 15.0. The highest BCUT2D eigenvalue weighted by atomic mass is 35.5. The lowest BCUT2D eigenvalue weighted by molar-refractivity contribution is 0.162. The molecule has 0 aliphatic carbocycles. The molecular formula is C17H10ClN3O5S. The number of aromatic nitrogens is 3. The van der Waals surface area contributed by atoms with Crippen LogP contribution in [0.25, 0.3) is 21.8 Å². The number of halogens is 1. The Balaban J connectivity index is 2.07. The minimum absolute atomic E-state index is 0.0636. The largest absolute Gasteiger partial charge is 0.421 e. The van der Waals surface area contributed by atoms with Crippen molar-refractivity contribution in [1.29, 1.82) is 0 Å². The van der Waals surface area contributed by atoms with Crippen LogP contribution in [0.2, 0.25) is 5.02 Å². The number of benzene rings is 2. The summed E-state index contributed by atoms with van der Waals surface area (Å²) in [7, 11) is -4.12. The molecule has 0 fully saturated rings. The van der Waals surface area contributed by atoms with Gasteiger partial charge in [0.05, 0.1) is 31.2 Å². The number of hydrogen-bond donors (Lipinski definition) is 2. The molecule has 8 nitrogen and oxygen atoms in total. The number of aromatic amines is 1. The van der Waals surface area contributed by atoms with Crippen molar-refractivity contribution in [1.82, 2.24) is 14.7 Å². The molecule has 136 valence electrons. The van der Waals surface area contributed by atoms with Crippen molar-refractivity contribution in [3.8, 4) is 0 Å². The van der Waals surface area contributed by atoms with Gasteiger partial charge in [-0.2, -0.15) is 0 Å². The van der Waals surface area contributed by atoms with Crippen molar-refractivity contribution >= 4 is 43.2 Å². The average Bonchev–Trinajstić information content (AvgIpc) is 2.65. The van der Waals surface area contributed by atoms with E-state index in [4.69, 9.17) is 11.6 Å². The Morgan fingerprint density at radius 3 is 2.67 bits per heavy atom. The fraction of sp³-hybridized carbons (Fsp3) is 0. The summed E-state index contributed by atoms with van der Waals surface area (Å²) in [5.74, 6) is 0. The summed E-state index contributed by atoms with van der Waals surface area (Å²) in [6.45, 7) is 0. The summed E-state index contributed by atoms with van der Waals surface area (Å²) in [4.78, 5) is 29.9. The van der Waals surface area contributed by atoms with Gasteiger partial charge in [0.15, 0.2) is 0 Å². The Bertz CT molecular complexity index is 1460. The van der Waals surface area contributed by atoms with Crippen LogP contribution in [-0.4, -0.2) is 28.3 Å². The Morgan fingerprint density at radius 1 is 1.11 bits per heavy atom. The van der Waals surface area contributed by atoms with Crippen LogP contribution in [-0.2, 0) is 9.84 Å². The minimum atomic E-state index is -4.12. The lowest BCUT2D eigenvalue weighted by Gasteiger charge is -2.10. The van der Waals surface area contributed by atoms with Crippen LogP contribution in [0.5, 0.6) is 0 Å². The van der Waals surface area contributed by atoms with E-state index in [9.17, 15) is 23.2 Å². The molecule has 0 amide bonds. The van der Waals surface area contributed by atoms with Crippen molar-refractivity contribution in [2.75, 3.05) is 0 Å². The molecule has 0 aliphatic rings. The summed E-state index contributed by atoms with van der Waals surface area (Å²) in [5.41, 5.74) is -2.09. The fourth-order valence-electron chi connectivity index (χ4n) is 2.81. The molecule has 0 spiro atoms. The maximum absolute atomic E-state index is 13.1. The van der Waals surface area contributed by atoms with Gasteiger partial charge in [-0.15, -0.1) is 0 Å². The molecule has 2 aromatic heterocycles. The van der Waals surface area contributed by atoms with Gasteiger partial charge in [-0.3, -0.25) is 9.78 Å². The summed E-state index contributed by atoms with van der Waals surface area (Å²) < 4.78 is 26.1. The summed E-state index contributed by atoms with van der Waals surface area (Å²) in [5, 5.41) is 9.85. The molecule has 2 aromatic carbocycles. The highest BCUT2D eigenvalue weighted by molar-refractivity contribution is 7.91. The van der Waals surface area contributed by atoms with Gasteiger partial charge in [0, 0.05) is 11.6 Å². The average molecular weight is 404 g/mol. The van der Waals surface area contributed by atoms with Crippen LogP contribution >= 0.6 is 11.6 Å². The quantitative estimate of drug-likeness (QED) is 0.493. The van der Waals surface area contributed by atoms with Gasteiger partial charge >= 0.3 is 5.69 Å². The Kier molecular flexibility index (Phi) is 3.79. The van der Waals surface area contributed by atoms with Gasteiger partial charge in [0.25, 0.3) is 5.56 Å². The highest BCUT2D eigenvalue weighted by Gasteiger charge is 2.24.